The molecule has 1 heterocycles. The first-order chi connectivity index (χ1) is 5.70. The van der Waals surface area contributed by atoms with Crippen molar-refractivity contribution in [2.45, 2.75) is 6.92 Å². The average molecular weight is 233 g/mol. The van der Waals surface area contributed by atoms with Crippen molar-refractivity contribution >= 4 is 26.0 Å². The minimum atomic E-state index is -0.480. The Labute approximate surface area is 73.4 Å². The third kappa shape index (κ3) is 0.974. The summed E-state index contributed by atoms with van der Waals surface area (Å²) in [5.74, 6) is -0.929. The average Bonchev–Trinajstić information content (AvgIpc) is 2.48. The maximum atomic E-state index is 13.2. The number of aromatic nitrogens is 2. The first kappa shape index (κ1) is 7.83. The van der Waals surface area contributed by atoms with Crippen LogP contribution in [0.25, 0.3) is 11.0 Å². The van der Waals surface area contributed by atoms with Gasteiger partial charge in [0, 0.05) is 0 Å². The summed E-state index contributed by atoms with van der Waals surface area (Å²) in [4.78, 5) is 0. The van der Waals surface area contributed by atoms with Crippen LogP contribution >= 0.6 is 0 Å². The second-order valence-electron chi connectivity index (χ2n) is 2.45. The van der Waals surface area contributed by atoms with Crippen molar-refractivity contribution < 1.29 is 8.78 Å². The summed E-state index contributed by atoms with van der Waals surface area (Å²) in [6, 6.07) is 1.15. The number of fused-ring (bicyclic) bond motifs is 1. The molecule has 0 amide bonds. The van der Waals surface area contributed by atoms with Crippen LogP contribution in [0.5, 0.6) is 0 Å². The van der Waals surface area contributed by atoms with Gasteiger partial charge in [-0.2, -0.15) is 0 Å². The number of rotatable bonds is 0. The van der Waals surface area contributed by atoms with Gasteiger partial charge in [0.25, 0.3) is 0 Å². The Bertz CT molecular complexity index is 438. The van der Waals surface area contributed by atoms with Crippen molar-refractivity contribution in [1.82, 2.24) is 7.96 Å². The van der Waals surface area contributed by atoms with E-state index < -0.39 is 11.6 Å². The molecule has 0 atom stereocenters. The standard InChI is InChI=1S/C7H4F2N2Se/c1-3-2-4(8)6-7(5(3)9)11-12-10-6/h2H,1H3. The molecule has 2 aromatic rings. The van der Waals surface area contributed by atoms with Crippen molar-refractivity contribution in [1.29, 1.82) is 0 Å². The molecule has 0 unspecified atom stereocenters. The Morgan fingerprint density at radius 3 is 2.67 bits per heavy atom. The van der Waals surface area contributed by atoms with E-state index >= 15 is 0 Å². The van der Waals surface area contributed by atoms with Crippen molar-refractivity contribution in [3.05, 3.63) is 23.3 Å². The Kier molecular flexibility index (Phi) is 1.70. The second kappa shape index (κ2) is 2.61. The van der Waals surface area contributed by atoms with E-state index in [-0.39, 0.29) is 31.6 Å². The van der Waals surface area contributed by atoms with Crippen LogP contribution in [0, 0.1) is 18.6 Å². The van der Waals surface area contributed by atoms with E-state index in [2.05, 4.69) is 7.96 Å². The summed E-state index contributed by atoms with van der Waals surface area (Å²) < 4.78 is 33.8. The summed E-state index contributed by atoms with van der Waals surface area (Å²) in [7, 11) is 0. The number of benzene rings is 1. The topological polar surface area (TPSA) is 25.8 Å². The van der Waals surface area contributed by atoms with Gasteiger partial charge in [-0.25, -0.2) is 0 Å². The van der Waals surface area contributed by atoms with Crippen LogP contribution < -0.4 is 0 Å². The fourth-order valence-electron chi connectivity index (χ4n) is 0.998. The van der Waals surface area contributed by atoms with E-state index in [4.69, 9.17) is 0 Å². The van der Waals surface area contributed by atoms with E-state index in [0.717, 1.165) is 6.07 Å². The molecule has 0 saturated carbocycles. The van der Waals surface area contributed by atoms with Gasteiger partial charge in [-0.3, -0.25) is 0 Å². The van der Waals surface area contributed by atoms with Gasteiger partial charge in [-0.15, -0.1) is 0 Å². The Balaban J connectivity index is 2.97. The molecule has 0 aliphatic heterocycles. The summed E-state index contributed by atoms with van der Waals surface area (Å²) in [6.45, 7) is 1.51. The zero-order chi connectivity index (χ0) is 8.72. The van der Waals surface area contributed by atoms with Crippen LogP contribution in [0.3, 0.4) is 0 Å². The molecule has 0 aliphatic carbocycles. The van der Waals surface area contributed by atoms with Crippen LogP contribution in [0.4, 0.5) is 8.78 Å². The second-order valence-corrected chi connectivity index (χ2v) is 3.56. The third-order valence-corrected chi connectivity index (χ3v) is 2.72. The summed E-state index contributed by atoms with van der Waals surface area (Å²) in [5, 5.41) is 0. The van der Waals surface area contributed by atoms with Crippen LogP contribution in [0.1, 0.15) is 5.56 Å². The van der Waals surface area contributed by atoms with Crippen LogP contribution in [0.2, 0.25) is 0 Å². The molecule has 1 aromatic heterocycles. The molecule has 2 rings (SSSR count). The number of nitrogens with zero attached hydrogens (tertiary/aromatic N) is 2. The quantitative estimate of drug-likeness (QED) is 0.640. The molecule has 0 N–H and O–H groups in total. The van der Waals surface area contributed by atoms with Crippen LogP contribution in [-0.2, 0) is 0 Å². The number of halogens is 2. The maximum absolute atomic E-state index is 13.2. The summed E-state index contributed by atoms with van der Waals surface area (Å²) >= 11 is -0.377. The Hall–Kier alpha value is -0.801. The van der Waals surface area contributed by atoms with Crippen molar-refractivity contribution in [3.63, 3.8) is 0 Å². The molecule has 12 heavy (non-hydrogen) atoms. The zero-order valence-electron chi connectivity index (χ0n) is 6.14. The molecule has 1 aromatic carbocycles. The fraction of sp³-hybridized carbons (Fsp3) is 0.143. The van der Waals surface area contributed by atoms with Crippen molar-refractivity contribution in [2.24, 2.45) is 0 Å². The van der Waals surface area contributed by atoms with Gasteiger partial charge in [-0.05, 0) is 0 Å². The Morgan fingerprint density at radius 1 is 1.25 bits per heavy atom. The molecule has 62 valence electrons. The Morgan fingerprint density at radius 2 is 1.92 bits per heavy atom. The molecule has 0 radical (unpaired) electrons. The van der Waals surface area contributed by atoms with Gasteiger partial charge < -0.3 is 0 Å². The predicted octanol–water partition coefficient (Wildman–Crippen LogP) is 1.27. The molecular weight excluding hydrogens is 229 g/mol. The molecule has 0 aliphatic rings. The van der Waals surface area contributed by atoms with Crippen molar-refractivity contribution in [2.75, 3.05) is 0 Å². The minimum absolute atomic E-state index is 0.0816. The predicted molar refractivity (Wildman–Crippen MR) is 41.1 cm³/mol. The molecular formula is C7H4F2N2Se. The van der Waals surface area contributed by atoms with Crippen LogP contribution in [-0.4, -0.2) is 22.9 Å². The van der Waals surface area contributed by atoms with E-state index in [1.165, 1.54) is 6.92 Å². The molecule has 0 fully saturated rings. The first-order valence-electron chi connectivity index (χ1n) is 3.27. The van der Waals surface area contributed by atoms with E-state index in [1.54, 1.807) is 0 Å². The molecule has 0 spiro atoms. The van der Waals surface area contributed by atoms with Crippen LogP contribution in [0.15, 0.2) is 6.07 Å². The van der Waals surface area contributed by atoms with Gasteiger partial charge in [0.05, 0.1) is 0 Å². The summed E-state index contributed by atoms with van der Waals surface area (Å²) in [5.41, 5.74) is 0.452. The van der Waals surface area contributed by atoms with Gasteiger partial charge in [-0.1, -0.05) is 0 Å². The SMILES string of the molecule is Cc1cc(F)c2n[se]nc2c1F. The fourth-order valence-corrected chi connectivity index (χ4v) is 2.14. The van der Waals surface area contributed by atoms with Gasteiger partial charge >= 0.3 is 72.9 Å². The van der Waals surface area contributed by atoms with Crippen molar-refractivity contribution in [3.8, 4) is 0 Å². The summed E-state index contributed by atoms with van der Waals surface area (Å²) in [6.07, 6.45) is 0. The molecule has 0 saturated heterocycles. The van der Waals surface area contributed by atoms with E-state index in [9.17, 15) is 8.78 Å². The normalized spacial score (nSPS) is 10.9. The monoisotopic (exact) mass is 234 g/mol. The van der Waals surface area contributed by atoms with Gasteiger partial charge in [0.15, 0.2) is 0 Å². The van der Waals surface area contributed by atoms with E-state index in [0.29, 0.717) is 0 Å². The van der Waals surface area contributed by atoms with E-state index in [1.807, 2.05) is 0 Å². The molecule has 0 bridgehead atoms. The number of hydrogen-bond acceptors (Lipinski definition) is 2. The van der Waals surface area contributed by atoms with Gasteiger partial charge in [0.2, 0.25) is 0 Å². The molecule has 5 heteroatoms. The molecule has 2 nitrogen and oxygen atoms in total. The zero-order valence-corrected chi connectivity index (χ0v) is 7.85. The first-order valence-corrected chi connectivity index (χ1v) is 4.80. The number of hydrogen-bond donors (Lipinski definition) is 0. The van der Waals surface area contributed by atoms with Gasteiger partial charge in [0.1, 0.15) is 0 Å². The number of aryl methyl sites for hydroxylation is 1. The third-order valence-electron chi connectivity index (χ3n) is 1.61.